The molecule has 0 radical (unpaired) electrons. The van der Waals surface area contributed by atoms with Gasteiger partial charge in [-0.3, -0.25) is 4.79 Å². The first kappa shape index (κ1) is 16.9. The minimum atomic E-state index is -0.207. The predicted molar refractivity (Wildman–Crippen MR) is 92.0 cm³/mol. The molecule has 0 N–H and O–H groups in total. The number of hydrogen-bond donors (Lipinski definition) is 0. The third-order valence-electron chi connectivity index (χ3n) is 3.45. The van der Waals surface area contributed by atoms with Crippen LogP contribution in [0.5, 0.6) is 5.75 Å². The molecule has 0 aliphatic carbocycles. The fourth-order valence-electron chi connectivity index (χ4n) is 2.16. The van der Waals surface area contributed by atoms with E-state index in [1.54, 1.807) is 0 Å². The summed E-state index contributed by atoms with van der Waals surface area (Å²) in [5, 5.41) is 0. The average Bonchev–Trinajstić information content (AvgIpc) is 2.57. The summed E-state index contributed by atoms with van der Waals surface area (Å²) in [4.78, 5) is 13.8. The summed E-state index contributed by atoms with van der Waals surface area (Å²) < 4.78 is 10.7. The third-order valence-corrected chi connectivity index (χ3v) is 3.45. The highest BCUT2D eigenvalue weighted by Gasteiger charge is 2.07. The quantitative estimate of drug-likeness (QED) is 0.553. The van der Waals surface area contributed by atoms with Crippen molar-refractivity contribution >= 4 is 11.7 Å². The van der Waals surface area contributed by atoms with Crippen LogP contribution in [-0.2, 0) is 9.53 Å². The molecule has 0 amide bonds. The summed E-state index contributed by atoms with van der Waals surface area (Å²) in [5.41, 5.74) is 2.31. The molecule has 0 spiro atoms. The Morgan fingerprint density at radius 2 is 1.83 bits per heavy atom. The van der Waals surface area contributed by atoms with Crippen molar-refractivity contribution in [2.45, 2.75) is 13.3 Å². The zero-order chi connectivity index (χ0) is 16.5. The molecule has 0 saturated carbocycles. The van der Waals surface area contributed by atoms with Gasteiger partial charge in [-0.1, -0.05) is 30.3 Å². The van der Waals surface area contributed by atoms with Gasteiger partial charge in [-0.05, 0) is 36.8 Å². The maximum absolute atomic E-state index is 11.8. The normalized spacial score (nSPS) is 10.2. The Labute approximate surface area is 137 Å². The summed E-state index contributed by atoms with van der Waals surface area (Å²) in [7, 11) is 1.97. The maximum Gasteiger partial charge on any atom is 0.307 e. The molecule has 2 aromatic carbocycles. The van der Waals surface area contributed by atoms with Crippen molar-refractivity contribution in [1.29, 1.82) is 0 Å². The molecule has 0 saturated heterocycles. The molecule has 23 heavy (non-hydrogen) atoms. The summed E-state index contributed by atoms with van der Waals surface area (Å²) >= 11 is 0. The Morgan fingerprint density at radius 1 is 1.04 bits per heavy atom. The van der Waals surface area contributed by atoms with Gasteiger partial charge in [-0.15, -0.1) is 0 Å². The van der Waals surface area contributed by atoms with Crippen molar-refractivity contribution in [2.24, 2.45) is 0 Å². The van der Waals surface area contributed by atoms with Crippen molar-refractivity contribution in [2.75, 3.05) is 31.7 Å². The number of anilines is 1. The Kier molecular flexibility index (Phi) is 6.48. The number of esters is 1. The van der Waals surface area contributed by atoms with Crippen LogP contribution in [0.1, 0.15) is 12.0 Å². The van der Waals surface area contributed by atoms with Crippen LogP contribution in [0.15, 0.2) is 54.6 Å². The second kappa shape index (κ2) is 8.83. The fraction of sp³-hybridized carbons (Fsp3) is 0.316. The summed E-state index contributed by atoms with van der Waals surface area (Å²) in [5.74, 6) is 0.573. The number of ether oxygens (including phenoxy) is 2. The fourth-order valence-corrected chi connectivity index (χ4v) is 2.16. The number of rotatable bonds is 8. The lowest BCUT2D eigenvalue weighted by Gasteiger charge is -2.19. The lowest BCUT2D eigenvalue weighted by molar-refractivity contribution is -0.144. The summed E-state index contributed by atoms with van der Waals surface area (Å²) in [6.45, 7) is 3.31. The van der Waals surface area contributed by atoms with Gasteiger partial charge in [0.15, 0.2) is 0 Å². The highest BCUT2D eigenvalue weighted by molar-refractivity contribution is 5.70. The monoisotopic (exact) mass is 313 g/mol. The molecule has 4 nitrogen and oxygen atoms in total. The van der Waals surface area contributed by atoms with E-state index in [0.29, 0.717) is 19.6 Å². The predicted octanol–water partition coefficient (Wildman–Crippen LogP) is 3.44. The summed E-state index contributed by atoms with van der Waals surface area (Å²) in [6, 6.07) is 17.7. The van der Waals surface area contributed by atoms with Gasteiger partial charge >= 0.3 is 5.97 Å². The molecule has 2 rings (SSSR count). The first-order chi connectivity index (χ1) is 11.1. The zero-order valence-electron chi connectivity index (χ0n) is 13.7. The summed E-state index contributed by atoms with van der Waals surface area (Å²) in [6.07, 6.45) is 0.357. The van der Waals surface area contributed by atoms with Gasteiger partial charge in [0.05, 0.1) is 6.42 Å². The largest absolute Gasteiger partial charge is 0.490 e. The van der Waals surface area contributed by atoms with Gasteiger partial charge in [0, 0.05) is 19.3 Å². The van der Waals surface area contributed by atoms with E-state index in [1.807, 2.05) is 49.5 Å². The molecule has 0 unspecified atom stereocenters. The van der Waals surface area contributed by atoms with Crippen LogP contribution < -0.4 is 9.64 Å². The van der Waals surface area contributed by atoms with Crippen molar-refractivity contribution in [3.8, 4) is 5.75 Å². The average molecular weight is 313 g/mol. The minimum absolute atomic E-state index is 0.207. The number of para-hydroxylation sites is 1. The molecule has 4 heteroatoms. The van der Waals surface area contributed by atoms with Gasteiger partial charge in [0.1, 0.15) is 19.0 Å². The number of nitrogens with zero attached hydrogens (tertiary/aromatic N) is 1. The van der Waals surface area contributed by atoms with Gasteiger partial charge in [0.25, 0.3) is 0 Å². The molecule has 0 fully saturated rings. The van der Waals surface area contributed by atoms with Crippen molar-refractivity contribution < 1.29 is 14.3 Å². The lowest BCUT2D eigenvalue weighted by Crippen LogP contribution is -2.22. The van der Waals surface area contributed by atoms with Crippen LogP contribution in [0, 0.1) is 6.92 Å². The van der Waals surface area contributed by atoms with Crippen LogP contribution >= 0.6 is 0 Å². The van der Waals surface area contributed by atoms with Gasteiger partial charge in [-0.2, -0.15) is 0 Å². The Hall–Kier alpha value is -2.49. The molecule has 2 aromatic rings. The number of carbonyl (C=O) groups excluding carboxylic acids is 1. The molecular formula is C19H23NO3. The van der Waals surface area contributed by atoms with Crippen LogP contribution in [-0.4, -0.2) is 32.8 Å². The second-order valence-corrected chi connectivity index (χ2v) is 5.39. The van der Waals surface area contributed by atoms with Crippen molar-refractivity contribution in [3.63, 3.8) is 0 Å². The van der Waals surface area contributed by atoms with Crippen molar-refractivity contribution in [3.05, 3.63) is 60.2 Å². The zero-order valence-corrected chi connectivity index (χ0v) is 13.7. The van der Waals surface area contributed by atoms with E-state index in [2.05, 4.69) is 24.0 Å². The lowest BCUT2D eigenvalue weighted by atomic mass is 10.2. The number of hydrogen-bond acceptors (Lipinski definition) is 4. The van der Waals surface area contributed by atoms with E-state index < -0.39 is 0 Å². The van der Waals surface area contributed by atoms with E-state index in [0.717, 1.165) is 11.4 Å². The van der Waals surface area contributed by atoms with Gasteiger partial charge < -0.3 is 14.4 Å². The standard InChI is InChI=1S/C19H23NO3/c1-16-7-6-8-17(15-16)20(2)12-11-19(21)23-14-13-22-18-9-4-3-5-10-18/h3-10,15H,11-14H2,1-2H3. The van der Waals surface area contributed by atoms with E-state index in [1.165, 1.54) is 5.56 Å². The van der Waals surface area contributed by atoms with Gasteiger partial charge in [0.2, 0.25) is 0 Å². The number of carbonyl (C=O) groups is 1. The SMILES string of the molecule is Cc1cccc(N(C)CCC(=O)OCCOc2ccccc2)c1. The minimum Gasteiger partial charge on any atom is -0.490 e. The number of aryl methyl sites for hydroxylation is 1. The van der Waals surface area contributed by atoms with Crippen LogP contribution in [0.4, 0.5) is 5.69 Å². The first-order valence-electron chi connectivity index (χ1n) is 7.76. The van der Waals surface area contributed by atoms with E-state index in [9.17, 15) is 4.79 Å². The Bertz CT molecular complexity index is 613. The molecule has 0 bridgehead atoms. The molecule has 0 aromatic heterocycles. The van der Waals surface area contributed by atoms with E-state index in [4.69, 9.17) is 9.47 Å². The highest BCUT2D eigenvalue weighted by atomic mass is 16.6. The molecule has 0 aliphatic heterocycles. The first-order valence-corrected chi connectivity index (χ1v) is 7.76. The van der Waals surface area contributed by atoms with E-state index in [-0.39, 0.29) is 12.6 Å². The number of benzene rings is 2. The topological polar surface area (TPSA) is 38.8 Å². The maximum atomic E-state index is 11.8. The molecule has 0 heterocycles. The molecule has 0 atom stereocenters. The molecular weight excluding hydrogens is 290 g/mol. The van der Waals surface area contributed by atoms with Crippen molar-refractivity contribution in [1.82, 2.24) is 0 Å². The van der Waals surface area contributed by atoms with Crippen LogP contribution in [0.3, 0.4) is 0 Å². The van der Waals surface area contributed by atoms with E-state index >= 15 is 0 Å². The Balaban J connectivity index is 1.63. The third kappa shape index (κ3) is 6.02. The van der Waals surface area contributed by atoms with Crippen LogP contribution in [0.2, 0.25) is 0 Å². The Morgan fingerprint density at radius 3 is 2.57 bits per heavy atom. The van der Waals surface area contributed by atoms with Crippen LogP contribution in [0.25, 0.3) is 0 Å². The van der Waals surface area contributed by atoms with Gasteiger partial charge in [-0.25, -0.2) is 0 Å². The second-order valence-electron chi connectivity index (χ2n) is 5.39. The molecule has 0 aliphatic rings. The smallest absolute Gasteiger partial charge is 0.307 e. The highest BCUT2D eigenvalue weighted by Crippen LogP contribution is 2.14. The molecule has 122 valence electrons.